The maximum atomic E-state index is 10.9. The third kappa shape index (κ3) is 5.16. The number of aliphatic hydroxyl groups excluding tert-OH is 1. The van der Waals surface area contributed by atoms with Crippen LogP contribution in [0.25, 0.3) is 0 Å². The molecule has 0 aliphatic heterocycles. The molecule has 1 aromatic rings. The van der Waals surface area contributed by atoms with Crippen molar-refractivity contribution in [2.24, 2.45) is 0 Å². The number of likely N-dealkylation sites (N-methyl/N-ethyl adjacent to an activating group) is 1. The number of benzene rings is 1. The molecule has 0 aromatic heterocycles. The van der Waals surface area contributed by atoms with Crippen LogP contribution in [0, 0.1) is 0 Å². The van der Waals surface area contributed by atoms with Gasteiger partial charge in [-0.1, -0.05) is 19.1 Å². The lowest BCUT2D eigenvalue weighted by Crippen LogP contribution is -2.20. The first-order chi connectivity index (χ1) is 7.92. The van der Waals surface area contributed by atoms with E-state index in [9.17, 15) is 13.5 Å². The highest BCUT2D eigenvalue weighted by Crippen LogP contribution is 2.18. The minimum atomic E-state index is -3.50. The van der Waals surface area contributed by atoms with E-state index in [-0.39, 0.29) is 5.75 Å². The quantitative estimate of drug-likeness (QED) is 0.734. The largest absolute Gasteiger partial charge is 0.387 e. The van der Waals surface area contributed by atoms with Crippen LogP contribution in [0.4, 0.5) is 0 Å². The SMILES string of the molecule is CCNC[C@@H](O)c1ccc(OS(C)(=O)=O)cc1. The highest BCUT2D eigenvalue weighted by Gasteiger charge is 2.08. The normalized spacial score (nSPS) is 13.4. The predicted molar refractivity (Wildman–Crippen MR) is 65.4 cm³/mol. The fourth-order valence-electron chi connectivity index (χ4n) is 1.32. The summed E-state index contributed by atoms with van der Waals surface area (Å²) in [5, 5.41) is 12.8. The van der Waals surface area contributed by atoms with Crippen LogP contribution in [0.3, 0.4) is 0 Å². The Hall–Kier alpha value is -1.11. The topological polar surface area (TPSA) is 75.6 Å². The first kappa shape index (κ1) is 14.0. The molecule has 6 heteroatoms. The second-order valence-corrected chi connectivity index (χ2v) is 5.25. The molecule has 0 amide bonds. The van der Waals surface area contributed by atoms with E-state index in [0.29, 0.717) is 12.1 Å². The minimum Gasteiger partial charge on any atom is -0.387 e. The molecule has 0 aliphatic rings. The summed E-state index contributed by atoms with van der Waals surface area (Å²) in [5.41, 5.74) is 0.715. The van der Waals surface area contributed by atoms with Gasteiger partial charge in [0.25, 0.3) is 0 Å². The van der Waals surface area contributed by atoms with Crippen LogP contribution in [0.5, 0.6) is 5.75 Å². The van der Waals surface area contributed by atoms with Crippen molar-refractivity contribution in [2.45, 2.75) is 13.0 Å². The van der Waals surface area contributed by atoms with E-state index in [2.05, 4.69) is 5.32 Å². The predicted octanol–water partition coefficient (Wildman–Crippen LogP) is 0.668. The molecular weight excluding hydrogens is 242 g/mol. The lowest BCUT2D eigenvalue weighted by molar-refractivity contribution is 0.175. The minimum absolute atomic E-state index is 0.243. The second kappa shape index (κ2) is 6.00. The zero-order valence-electron chi connectivity index (χ0n) is 9.88. The summed E-state index contributed by atoms with van der Waals surface area (Å²) >= 11 is 0. The Labute approximate surface area is 102 Å². The van der Waals surface area contributed by atoms with Crippen LogP contribution in [-0.2, 0) is 10.1 Å². The Morgan fingerprint density at radius 1 is 1.35 bits per heavy atom. The number of hydrogen-bond donors (Lipinski definition) is 2. The van der Waals surface area contributed by atoms with Gasteiger partial charge in [-0.15, -0.1) is 0 Å². The fraction of sp³-hybridized carbons (Fsp3) is 0.455. The maximum absolute atomic E-state index is 10.9. The summed E-state index contributed by atoms with van der Waals surface area (Å²) in [4.78, 5) is 0. The third-order valence-electron chi connectivity index (χ3n) is 2.10. The highest BCUT2D eigenvalue weighted by molar-refractivity contribution is 7.86. The lowest BCUT2D eigenvalue weighted by Gasteiger charge is -2.11. The fourth-order valence-corrected chi connectivity index (χ4v) is 1.78. The average molecular weight is 259 g/mol. The van der Waals surface area contributed by atoms with Crippen molar-refractivity contribution in [1.29, 1.82) is 0 Å². The summed E-state index contributed by atoms with van der Waals surface area (Å²) in [5.74, 6) is 0.243. The van der Waals surface area contributed by atoms with Gasteiger partial charge in [-0.3, -0.25) is 0 Å². The van der Waals surface area contributed by atoms with Gasteiger partial charge in [0.2, 0.25) is 0 Å². The standard InChI is InChI=1S/C11H17NO4S/c1-3-12-8-11(13)9-4-6-10(7-5-9)16-17(2,14)15/h4-7,11-13H,3,8H2,1-2H3/t11-/m1/s1. The van der Waals surface area contributed by atoms with E-state index in [4.69, 9.17) is 4.18 Å². The van der Waals surface area contributed by atoms with Crippen molar-refractivity contribution in [2.75, 3.05) is 19.3 Å². The molecule has 2 N–H and O–H groups in total. The summed E-state index contributed by atoms with van der Waals surface area (Å²) in [6.07, 6.45) is 0.378. The molecule has 1 aromatic carbocycles. The van der Waals surface area contributed by atoms with Gasteiger partial charge in [-0.05, 0) is 24.2 Å². The molecule has 0 unspecified atom stereocenters. The smallest absolute Gasteiger partial charge is 0.306 e. The monoisotopic (exact) mass is 259 g/mol. The Morgan fingerprint density at radius 2 is 1.94 bits per heavy atom. The van der Waals surface area contributed by atoms with Crippen molar-refractivity contribution in [1.82, 2.24) is 5.32 Å². The summed E-state index contributed by atoms with van der Waals surface area (Å²) in [6.45, 7) is 3.20. The summed E-state index contributed by atoms with van der Waals surface area (Å²) in [6, 6.07) is 6.32. The van der Waals surface area contributed by atoms with Gasteiger partial charge in [0.05, 0.1) is 12.4 Å². The highest BCUT2D eigenvalue weighted by atomic mass is 32.2. The van der Waals surface area contributed by atoms with Gasteiger partial charge in [-0.2, -0.15) is 8.42 Å². The Morgan fingerprint density at radius 3 is 2.41 bits per heavy atom. The first-order valence-corrected chi connectivity index (χ1v) is 7.12. The van der Waals surface area contributed by atoms with Gasteiger partial charge in [-0.25, -0.2) is 0 Å². The molecule has 96 valence electrons. The molecule has 1 rings (SSSR count). The number of nitrogens with one attached hydrogen (secondary N) is 1. The van der Waals surface area contributed by atoms with E-state index in [0.717, 1.165) is 12.8 Å². The van der Waals surface area contributed by atoms with Crippen LogP contribution < -0.4 is 9.50 Å². The molecule has 0 saturated carbocycles. The van der Waals surface area contributed by atoms with Gasteiger partial charge >= 0.3 is 10.1 Å². The van der Waals surface area contributed by atoms with Crippen LogP contribution in [0.2, 0.25) is 0 Å². The van der Waals surface area contributed by atoms with Crippen LogP contribution in [-0.4, -0.2) is 32.9 Å². The first-order valence-electron chi connectivity index (χ1n) is 5.30. The van der Waals surface area contributed by atoms with Crippen molar-refractivity contribution in [3.8, 4) is 5.75 Å². The molecule has 0 radical (unpaired) electrons. The molecule has 0 saturated heterocycles. The van der Waals surface area contributed by atoms with Crippen LogP contribution >= 0.6 is 0 Å². The zero-order valence-corrected chi connectivity index (χ0v) is 10.7. The zero-order chi connectivity index (χ0) is 12.9. The number of hydrogen-bond acceptors (Lipinski definition) is 5. The molecule has 0 spiro atoms. The summed E-state index contributed by atoms with van der Waals surface area (Å²) < 4.78 is 26.5. The molecule has 0 heterocycles. The van der Waals surface area contributed by atoms with Gasteiger partial charge in [0.15, 0.2) is 0 Å². The lowest BCUT2D eigenvalue weighted by atomic mass is 10.1. The summed E-state index contributed by atoms with van der Waals surface area (Å²) in [7, 11) is -3.50. The van der Waals surface area contributed by atoms with E-state index < -0.39 is 16.2 Å². The van der Waals surface area contributed by atoms with Gasteiger partial charge < -0.3 is 14.6 Å². The molecule has 1 atom stereocenters. The van der Waals surface area contributed by atoms with Gasteiger partial charge in [0, 0.05) is 6.54 Å². The molecule has 17 heavy (non-hydrogen) atoms. The van der Waals surface area contributed by atoms with E-state index in [1.54, 1.807) is 12.1 Å². The molecule has 0 fully saturated rings. The van der Waals surface area contributed by atoms with Crippen LogP contribution in [0.1, 0.15) is 18.6 Å². The van der Waals surface area contributed by atoms with Crippen molar-refractivity contribution in [3.63, 3.8) is 0 Å². The van der Waals surface area contributed by atoms with E-state index in [1.807, 2.05) is 6.92 Å². The van der Waals surface area contributed by atoms with E-state index in [1.165, 1.54) is 12.1 Å². The molecular formula is C11H17NO4S. The second-order valence-electron chi connectivity index (χ2n) is 3.68. The molecule has 5 nitrogen and oxygen atoms in total. The maximum Gasteiger partial charge on any atom is 0.306 e. The van der Waals surface area contributed by atoms with Gasteiger partial charge in [0.1, 0.15) is 5.75 Å². The van der Waals surface area contributed by atoms with Crippen LogP contribution in [0.15, 0.2) is 24.3 Å². The van der Waals surface area contributed by atoms with Crippen molar-refractivity contribution in [3.05, 3.63) is 29.8 Å². The average Bonchev–Trinajstić information content (AvgIpc) is 2.24. The molecule has 0 aliphatic carbocycles. The Balaban J connectivity index is 2.67. The van der Waals surface area contributed by atoms with Crippen molar-refractivity contribution >= 4 is 10.1 Å². The van der Waals surface area contributed by atoms with E-state index >= 15 is 0 Å². The van der Waals surface area contributed by atoms with Crippen molar-refractivity contribution < 1.29 is 17.7 Å². The number of aliphatic hydroxyl groups is 1. The Kier molecular flexibility index (Phi) is 4.92. The third-order valence-corrected chi connectivity index (χ3v) is 2.60. The number of rotatable bonds is 6. The Bertz CT molecular complexity index is 441. The molecule has 0 bridgehead atoms.